The molecule has 1 heteroatoms. The Morgan fingerprint density at radius 3 is 2.44 bits per heavy atom. The molecular weight excluding hydrogens is 218 g/mol. The molecule has 2 bridgehead atoms. The van der Waals surface area contributed by atoms with E-state index in [1.807, 2.05) is 0 Å². The molecule has 18 heavy (non-hydrogen) atoms. The lowest BCUT2D eigenvalue weighted by atomic mass is 9.78. The van der Waals surface area contributed by atoms with E-state index in [2.05, 4.69) is 38.2 Å². The van der Waals surface area contributed by atoms with Crippen LogP contribution in [0.1, 0.15) is 52.9 Å². The van der Waals surface area contributed by atoms with Crippen molar-refractivity contribution in [1.29, 1.82) is 0 Å². The second kappa shape index (κ2) is 5.00. The number of hydrogen-bond acceptors (Lipinski definition) is 1. The zero-order valence-corrected chi connectivity index (χ0v) is 12.2. The average Bonchev–Trinajstić information content (AvgIpc) is 2.96. The van der Waals surface area contributed by atoms with Gasteiger partial charge in [0, 0.05) is 12.1 Å². The smallest absolute Gasteiger partial charge is 0.00754 e. The number of allylic oxidation sites excluding steroid dienone is 2. The summed E-state index contributed by atoms with van der Waals surface area (Å²) in [6.45, 7) is 7.29. The van der Waals surface area contributed by atoms with Gasteiger partial charge in [-0.3, -0.25) is 0 Å². The van der Waals surface area contributed by atoms with Gasteiger partial charge in [0.1, 0.15) is 0 Å². The highest BCUT2D eigenvalue weighted by molar-refractivity contribution is 5.11. The van der Waals surface area contributed by atoms with Crippen LogP contribution < -0.4 is 5.32 Å². The standard InChI is InChI=1S/C17H29N/c1-11-4-7-16(8-12(11)2)18-13(3)17-10-14-5-6-15(17)9-14/h5-6,11-18H,4,7-10H2,1-3H3. The van der Waals surface area contributed by atoms with Gasteiger partial charge in [0.2, 0.25) is 0 Å². The van der Waals surface area contributed by atoms with E-state index in [1.54, 1.807) is 0 Å². The van der Waals surface area contributed by atoms with Gasteiger partial charge >= 0.3 is 0 Å². The number of hydrogen-bond donors (Lipinski definition) is 1. The van der Waals surface area contributed by atoms with E-state index in [0.29, 0.717) is 0 Å². The Kier molecular flexibility index (Phi) is 3.53. The number of fused-ring (bicyclic) bond motifs is 2. The Morgan fingerprint density at radius 1 is 1.00 bits per heavy atom. The monoisotopic (exact) mass is 247 g/mol. The van der Waals surface area contributed by atoms with E-state index in [1.165, 1.54) is 32.1 Å². The van der Waals surface area contributed by atoms with E-state index in [0.717, 1.165) is 41.7 Å². The molecule has 3 aliphatic carbocycles. The summed E-state index contributed by atoms with van der Waals surface area (Å²) in [5.74, 6) is 4.55. The van der Waals surface area contributed by atoms with Crippen molar-refractivity contribution in [3.05, 3.63) is 12.2 Å². The molecule has 2 fully saturated rings. The summed E-state index contributed by atoms with van der Waals surface area (Å²) in [6, 6.07) is 1.50. The predicted octanol–water partition coefficient (Wildman–Crippen LogP) is 4.00. The molecule has 0 saturated heterocycles. The van der Waals surface area contributed by atoms with Crippen LogP contribution in [-0.4, -0.2) is 12.1 Å². The molecule has 3 rings (SSSR count). The van der Waals surface area contributed by atoms with Crippen LogP contribution in [0, 0.1) is 29.6 Å². The van der Waals surface area contributed by atoms with Crippen LogP contribution >= 0.6 is 0 Å². The quantitative estimate of drug-likeness (QED) is 0.743. The Bertz CT molecular complexity index is 322. The highest BCUT2D eigenvalue weighted by Crippen LogP contribution is 2.45. The zero-order chi connectivity index (χ0) is 12.7. The Labute approximate surface area is 112 Å². The maximum atomic E-state index is 3.96. The number of nitrogens with one attached hydrogen (secondary N) is 1. The minimum absolute atomic E-state index is 0.718. The lowest BCUT2D eigenvalue weighted by Crippen LogP contribution is -2.45. The molecular formula is C17H29N. The van der Waals surface area contributed by atoms with E-state index >= 15 is 0 Å². The average molecular weight is 247 g/mol. The van der Waals surface area contributed by atoms with E-state index in [-0.39, 0.29) is 0 Å². The van der Waals surface area contributed by atoms with E-state index in [9.17, 15) is 0 Å². The molecule has 0 radical (unpaired) electrons. The van der Waals surface area contributed by atoms with Gasteiger partial charge in [-0.1, -0.05) is 26.0 Å². The SMILES string of the molecule is CC1CCC(NC(C)C2CC3C=CC2C3)CC1C. The molecule has 7 atom stereocenters. The summed E-state index contributed by atoms with van der Waals surface area (Å²) in [6.07, 6.45) is 12.0. The molecule has 1 nitrogen and oxygen atoms in total. The fraction of sp³-hybridized carbons (Fsp3) is 0.882. The zero-order valence-electron chi connectivity index (χ0n) is 12.2. The van der Waals surface area contributed by atoms with E-state index in [4.69, 9.17) is 0 Å². The van der Waals surface area contributed by atoms with Crippen LogP contribution in [0.3, 0.4) is 0 Å². The van der Waals surface area contributed by atoms with Gasteiger partial charge in [0.25, 0.3) is 0 Å². The maximum Gasteiger partial charge on any atom is 0.00754 e. The van der Waals surface area contributed by atoms with Gasteiger partial charge in [0.05, 0.1) is 0 Å². The first-order valence-corrected chi connectivity index (χ1v) is 8.08. The molecule has 0 spiro atoms. The van der Waals surface area contributed by atoms with Gasteiger partial charge < -0.3 is 5.32 Å². The molecule has 2 saturated carbocycles. The van der Waals surface area contributed by atoms with Crippen LogP contribution in [0.15, 0.2) is 12.2 Å². The van der Waals surface area contributed by atoms with Gasteiger partial charge in [-0.05, 0) is 68.6 Å². The normalized spacial score (nSPS) is 48.6. The lowest BCUT2D eigenvalue weighted by Gasteiger charge is -2.36. The summed E-state index contributed by atoms with van der Waals surface area (Å²) in [4.78, 5) is 0. The number of rotatable bonds is 3. The highest BCUT2D eigenvalue weighted by Gasteiger charge is 2.39. The first-order chi connectivity index (χ1) is 8.63. The van der Waals surface area contributed by atoms with Crippen molar-refractivity contribution in [2.45, 2.75) is 65.0 Å². The molecule has 3 aliphatic rings. The van der Waals surface area contributed by atoms with Crippen molar-refractivity contribution in [1.82, 2.24) is 5.32 Å². The van der Waals surface area contributed by atoms with Crippen molar-refractivity contribution >= 4 is 0 Å². The molecule has 0 aromatic heterocycles. The molecule has 0 aromatic carbocycles. The summed E-state index contributed by atoms with van der Waals surface area (Å²) in [7, 11) is 0. The first-order valence-electron chi connectivity index (χ1n) is 8.08. The Balaban J connectivity index is 1.52. The van der Waals surface area contributed by atoms with Crippen LogP contribution in [0.25, 0.3) is 0 Å². The molecule has 7 unspecified atom stereocenters. The fourth-order valence-corrected chi connectivity index (χ4v) is 4.59. The summed E-state index contributed by atoms with van der Waals surface area (Å²) in [5, 5.41) is 3.96. The molecule has 0 aromatic rings. The third-order valence-electron chi connectivity index (χ3n) is 6.07. The van der Waals surface area contributed by atoms with Crippen LogP contribution in [0.2, 0.25) is 0 Å². The Morgan fingerprint density at radius 2 is 1.83 bits per heavy atom. The summed E-state index contributed by atoms with van der Waals surface area (Å²) < 4.78 is 0. The topological polar surface area (TPSA) is 12.0 Å². The lowest BCUT2D eigenvalue weighted by molar-refractivity contribution is 0.197. The van der Waals surface area contributed by atoms with Crippen molar-refractivity contribution in [2.75, 3.05) is 0 Å². The minimum Gasteiger partial charge on any atom is -0.311 e. The van der Waals surface area contributed by atoms with Gasteiger partial charge in [-0.25, -0.2) is 0 Å². The largest absolute Gasteiger partial charge is 0.311 e. The first kappa shape index (κ1) is 12.7. The molecule has 0 heterocycles. The van der Waals surface area contributed by atoms with Crippen LogP contribution in [0.5, 0.6) is 0 Å². The third kappa shape index (κ3) is 2.39. The second-order valence-electron chi connectivity index (χ2n) is 7.36. The van der Waals surface area contributed by atoms with Crippen molar-refractivity contribution in [2.24, 2.45) is 29.6 Å². The van der Waals surface area contributed by atoms with Crippen molar-refractivity contribution < 1.29 is 0 Å². The molecule has 0 amide bonds. The van der Waals surface area contributed by atoms with Gasteiger partial charge in [-0.15, -0.1) is 0 Å². The second-order valence-corrected chi connectivity index (χ2v) is 7.36. The van der Waals surface area contributed by atoms with E-state index < -0.39 is 0 Å². The molecule has 1 N–H and O–H groups in total. The van der Waals surface area contributed by atoms with Crippen LogP contribution in [0.4, 0.5) is 0 Å². The van der Waals surface area contributed by atoms with Crippen molar-refractivity contribution in [3.8, 4) is 0 Å². The van der Waals surface area contributed by atoms with Crippen molar-refractivity contribution in [3.63, 3.8) is 0 Å². The third-order valence-corrected chi connectivity index (χ3v) is 6.07. The minimum atomic E-state index is 0.718. The van der Waals surface area contributed by atoms with Gasteiger partial charge in [-0.2, -0.15) is 0 Å². The Hall–Kier alpha value is -0.300. The highest BCUT2D eigenvalue weighted by atomic mass is 15.0. The molecule has 0 aliphatic heterocycles. The maximum absolute atomic E-state index is 3.96. The predicted molar refractivity (Wildman–Crippen MR) is 77.4 cm³/mol. The molecule has 102 valence electrons. The summed E-state index contributed by atoms with van der Waals surface area (Å²) in [5.41, 5.74) is 0. The van der Waals surface area contributed by atoms with Gasteiger partial charge in [0.15, 0.2) is 0 Å². The summed E-state index contributed by atoms with van der Waals surface area (Å²) >= 11 is 0. The fourth-order valence-electron chi connectivity index (χ4n) is 4.59. The van der Waals surface area contributed by atoms with Crippen LogP contribution in [-0.2, 0) is 0 Å².